The van der Waals surface area contributed by atoms with Crippen molar-refractivity contribution in [2.24, 2.45) is 0 Å². The summed E-state index contributed by atoms with van der Waals surface area (Å²) in [6, 6.07) is 73.4. The number of fused-ring (bicyclic) bond motifs is 7. The summed E-state index contributed by atoms with van der Waals surface area (Å²) in [6.07, 6.45) is 0. The number of anilines is 3. The Bertz CT molecular complexity index is 3200. The minimum atomic E-state index is 1.11. The molecule has 2 heterocycles. The Kier molecular flexibility index (Phi) is 7.61. The lowest BCUT2D eigenvalue weighted by molar-refractivity contribution is 1.28. The molecule has 11 rings (SSSR count). The highest BCUT2D eigenvalue weighted by molar-refractivity contribution is 7.26. The van der Waals surface area contributed by atoms with Crippen molar-refractivity contribution < 1.29 is 0 Å². The van der Waals surface area contributed by atoms with Gasteiger partial charge in [0.1, 0.15) is 0 Å². The van der Waals surface area contributed by atoms with E-state index >= 15 is 0 Å². The molecule has 11 aromatic rings. The Hall–Kier alpha value is -6.52. The number of thiophene rings is 2. The monoisotopic (exact) mass is 735 g/mol. The summed E-state index contributed by atoms with van der Waals surface area (Å²) in [6.45, 7) is 0. The van der Waals surface area contributed by atoms with Crippen LogP contribution in [-0.4, -0.2) is 0 Å². The standard InChI is InChI=1S/C52H33NS2/c1-2-13-40-34(11-1)12-9-17-41(40)35-23-28-38(29-24-35)53(39-30-25-36(26-31-39)43-18-10-22-51-52(43)45-16-5-8-21-49(45)55-51)47-19-6-3-14-42(47)37-27-32-50-46(33-37)44-15-4-7-20-48(44)54-50/h1-33H. The molecule has 0 radical (unpaired) electrons. The predicted octanol–water partition coefficient (Wildman–Crippen LogP) is 16.0. The van der Waals surface area contributed by atoms with Crippen LogP contribution in [0.3, 0.4) is 0 Å². The molecule has 0 unspecified atom stereocenters. The van der Waals surface area contributed by atoms with E-state index in [1.54, 1.807) is 0 Å². The fraction of sp³-hybridized carbons (Fsp3) is 0. The van der Waals surface area contributed by atoms with Crippen LogP contribution in [-0.2, 0) is 0 Å². The Morgan fingerprint density at radius 3 is 1.62 bits per heavy atom. The zero-order chi connectivity index (χ0) is 36.3. The maximum atomic E-state index is 2.42. The van der Waals surface area contributed by atoms with Crippen LogP contribution in [0.1, 0.15) is 0 Å². The van der Waals surface area contributed by atoms with E-state index in [4.69, 9.17) is 0 Å². The van der Waals surface area contributed by atoms with E-state index in [2.05, 4.69) is 205 Å². The first-order chi connectivity index (χ1) is 27.3. The zero-order valence-electron chi connectivity index (χ0n) is 29.8. The van der Waals surface area contributed by atoms with E-state index in [0.29, 0.717) is 0 Å². The highest BCUT2D eigenvalue weighted by Crippen LogP contribution is 2.45. The van der Waals surface area contributed by atoms with Gasteiger partial charge in [-0.05, 0) is 99.3 Å². The summed E-state index contributed by atoms with van der Waals surface area (Å²) in [5.41, 5.74) is 10.7. The fourth-order valence-corrected chi connectivity index (χ4v) is 10.5. The number of para-hydroxylation sites is 1. The lowest BCUT2D eigenvalue weighted by atomic mass is 9.97. The van der Waals surface area contributed by atoms with E-state index in [9.17, 15) is 0 Å². The third-order valence-corrected chi connectivity index (χ3v) is 13.2. The van der Waals surface area contributed by atoms with Gasteiger partial charge in [-0.25, -0.2) is 0 Å². The van der Waals surface area contributed by atoms with E-state index in [0.717, 1.165) is 17.1 Å². The van der Waals surface area contributed by atoms with Gasteiger partial charge in [-0.3, -0.25) is 0 Å². The van der Waals surface area contributed by atoms with Gasteiger partial charge in [0, 0.05) is 57.3 Å². The number of nitrogens with zero attached hydrogens (tertiary/aromatic N) is 1. The van der Waals surface area contributed by atoms with Crippen molar-refractivity contribution in [3.8, 4) is 33.4 Å². The van der Waals surface area contributed by atoms with Crippen LogP contribution in [0.25, 0.3) is 84.5 Å². The minimum Gasteiger partial charge on any atom is -0.310 e. The molecule has 55 heavy (non-hydrogen) atoms. The molecule has 0 saturated heterocycles. The third-order valence-electron chi connectivity index (χ3n) is 10.9. The second-order valence-corrected chi connectivity index (χ2v) is 16.2. The molecule has 3 heteroatoms. The Balaban J connectivity index is 1.07. The highest BCUT2D eigenvalue weighted by Gasteiger charge is 2.19. The van der Waals surface area contributed by atoms with Gasteiger partial charge in [0.2, 0.25) is 0 Å². The first-order valence-electron chi connectivity index (χ1n) is 18.7. The van der Waals surface area contributed by atoms with Crippen molar-refractivity contribution in [2.45, 2.75) is 0 Å². The number of hydrogen-bond acceptors (Lipinski definition) is 3. The van der Waals surface area contributed by atoms with Crippen LogP contribution in [0.4, 0.5) is 17.1 Å². The van der Waals surface area contributed by atoms with Gasteiger partial charge in [0.25, 0.3) is 0 Å². The van der Waals surface area contributed by atoms with Gasteiger partial charge in [-0.1, -0.05) is 140 Å². The van der Waals surface area contributed by atoms with Gasteiger partial charge in [0.15, 0.2) is 0 Å². The summed E-state index contributed by atoms with van der Waals surface area (Å²) in [4.78, 5) is 2.42. The summed E-state index contributed by atoms with van der Waals surface area (Å²) in [7, 11) is 0. The summed E-state index contributed by atoms with van der Waals surface area (Å²) < 4.78 is 5.28. The molecular formula is C52H33NS2. The van der Waals surface area contributed by atoms with Crippen molar-refractivity contribution in [3.63, 3.8) is 0 Å². The summed E-state index contributed by atoms with van der Waals surface area (Å²) in [5, 5.41) is 7.78. The number of hydrogen-bond donors (Lipinski definition) is 0. The van der Waals surface area contributed by atoms with Gasteiger partial charge in [0.05, 0.1) is 5.69 Å². The molecule has 9 aromatic carbocycles. The van der Waals surface area contributed by atoms with Gasteiger partial charge >= 0.3 is 0 Å². The summed E-state index contributed by atoms with van der Waals surface area (Å²) >= 11 is 3.73. The molecule has 1 nitrogen and oxygen atoms in total. The lowest BCUT2D eigenvalue weighted by Crippen LogP contribution is -2.11. The molecule has 0 bridgehead atoms. The second kappa shape index (κ2) is 13.1. The molecule has 0 amide bonds. The quantitative estimate of drug-likeness (QED) is 0.164. The van der Waals surface area contributed by atoms with Crippen molar-refractivity contribution in [1.82, 2.24) is 0 Å². The molecule has 0 aliphatic rings. The van der Waals surface area contributed by atoms with Gasteiger partial charge < -0.3 is 4.90 Å². The SMILES string of the molecule is c1ccc(N(c2ccc(-c3cccc4ccccc34)cc2)c2ccc(-c3cccc4sc5ccccc5c34)cc2)c(-c2ccc3sc4ccccc4c3c2)c1. The molecule has 0 atom stereocenters. The van der Waals surface area contributed by atoms with Crippen LogP contribution in [0, 0.1) is 0 Å². The molecule has 2 aromatic heterocycles. The fourth-order valence-electron chi connectivity index (χ4n) is 8.31. The Morgan fingerprint density at radius 2 is 0.818 bits per heavy atom. The van der Waals surface area contributed by atoms with Crippen molar-refractivity contribution >= 4 is 90.9 Å². The smallest absolute Gasteiger partial charge is 0.0540 e. The molecule has 0 aliphatic heterocycles. The minimum absolute atomic E-state index is 1.11. The third kappa shape index (κ3) is 5.43. The molecule has 0 fully saturated rings. The van der Waals surface area contributed by atoms with E-state index < -0.39 is 0 Å². The van der Waals surface area contributed by atoms with Gasteiger partial charge in [-0.15, -0.1) is 22.7 Å². The molecule has 0 N–H and O–H groups in total. The predicted molar refractivity (Wildman–Crippen MR) is 241 cm³/mol. The largest absolute Gasteiger partial charge is 0.310 e. The van der Waals surface area contributed by atoms with Crippen molar-refractivity contribution in [2.75, 3.05) is 4.90 Å². The maximum Gasteiger partial charge on any atom is 0.0540 e. The van der Waals surface area contributed by atoms with E-state index in [-0.39, 0.29) is 0 Å². The van der Waals surface area contributed by atoms with Gasteiger partial charge in [-0.2, -0.15) is 0 Å². The van der Waals surface area contributed by atoms with Crippen LogP contribution in [0.2, 0.25) is 0 Å². The molecule has 0 spiro atoms. The molecule has 258 valence electrons. The summed E-state index contributed by atoms with van der Waals surface area (Å²) in [5.74, 6) is 0. The molecular weight excluding hydrogens is 703 g/mol. The first-order valence-corrected chi connectivity index (χ1v) is 20.3. The average Bonchev–Trinajstić information content (AvgIpc) is 3.83. The molecule has 0 saturated carbocycles. The van der Waals surface area contributed by atoms with Crippen LogP contribution >= 0.6 is 22.7 Å². The first kappa shape index (κ1) is 32.0. The average molecular weight is 736 g/mol. The van der Waals surface area contributed by atoms with Crippen LogP contribution in [0.15, 0.2) is 200 Å². The normalized spacial score (nSPS) is 11.6. The maximum absolute atomic E-state index is 2.42. The Labute approximate surface area is 327 Å². The van der Waals surface area contributed by atoms with Crippen molar-refractivity contribution in [1.29, 1.82) is 0 Å². The van der Waals surface area contributed by atoms with E-state index in [1.165, 1.54) is 84.5 Å². The van der Waals surface area contributed by atoms with Crippen LogP contribution in [0.5, 0.6) is 0 Å². The topological polar surface area (TPSA) is 3.24 Å². The molecule has 0 aliphatic carbocycles. The lowest BCUT2D eigenvalue weighted by Gasteiger charge is -2.28. The number of benzene rings is 9. The Morgan fingerprint density at radius 1 is 0.309 bits per heavy atom. The van der Waals surface area contributed by atoms with Crippen LogP contribution < -0.4 is 4.90 Å². The zero-order valence-corrected chi connectivity index (χ0v) is 31.4. The number of rotatable bonds is 6. The second-order valence-electron chi connectivity index (χ2n) is 14.1. The van der Waals surface area contributed by atoms with Crippen molar-refractivity contribution in [3.05, 3.63) is 200 Å². The van der Waals surface area contributed by atoms with E-state index in [1.807, 2.05) is 22.7 Å². The highest BCUT2D eigenvalue weighted by atomic mass is 32.1.